The Kier molecular flexibility index (Phi) is 6.06. The number of fused-ring (bicyclic) bond motifs is 1. The van der Waals surface area contributed by atoms with Gasteiger partial charge in [-0.2, -0.15) is 18.3 Å². The molecule has 1 aliphatic rings. The molecule has 31 heavy (non-hydrogen) atoms. The van der Waals surface area contributed by atoms with Crippen LogP contribution in [0.25, 0.3) is 0 Å². The number of nitrogens with zero attached hydrogens (tertiary/aromatic N) is 2. The summed E-state index contributed by atoms with van der Waals surface area (Å²) < 4.78 is 44.0. The van der Waals surface area contributed by atoms with Crippen LogP contribution in [0, 0.1) is 0 Å². The van der Waals surface area contributed by atoms with E-state index in [9.17, 15) is 18.0 Å². The quantitative estimate of drug-likeness (QED) is 0.353. The Balaban J connectivity index is 1.69. The number of benzene rings is 2. The Bertz CT molecular complexity index is 1120. The van der Waals surface area contributed by atoms with Gasteiger partial charge in [0.15, 0.2) is 11.7 Å². The summed E-state index contributed by atoms with van der Waals surface area (Å²) in [5.74, 6) is -0.735. The van der Waals surface area contributed by atoms with Gasteiger partial charge < -0.3 is 10.6 Å². The summed E-state index contributed by atoms with van der Waals surface area (Å²) in [6.07, 6.45) is -4.86. The molecule has 3 aromatic rings. The van der Waals surface area contributed by atoms with Crippen LogP contribution in [0.1, 0.15) is 34.6 Å². The minimum Gasteiger partial charge on any atom is -0.362 e. The van der Waals surface area contributed by atoms with Gasteiger partial charge in [-0.15, -0.1) is 0 Å². The van der Waals surface area contributed by atoms with Crippen molar-refractivity contribution in [2.45, 2.75) is 24.7 Å². The molecule has 0 radical (unpaired) electrons. The third-order valence-electron chi connectivity index (χ3n) is 4.89. The molecule has 1 aromatic heterocycles. The van der Waals surface area contributed by atoms with E-state index in [4.69, 9.17) is 11.6 Å². The van der Waals surface area contributed by atoms with Crippen molar-refractivity contribution in [3.05, 3.63) is 73.8 Å². The summed E-state index contributed by atoms with van der Waals surface area (Å²) in [6.45, 7) is 0. The third-order valence-corrected chi connectivity index (χ3v) is 6.30. The standard InChI is InChI=1S/C20H14Br2ClF3N4O/c21-11-3-1-10(2-4-11)14-9-15(20(24,25)26)30-18(28-14)16(23)17(29-30)19(31)27-13-7-5-12(22)6-8-13/h1-8,14-15,28H,9H2,(H,27,31)/t14-,15-/m0/s1. The van der Waals surface area contributed by atoms with Crippen molar-refractivity contribution < 1.29 is 18.0 Å². The van der Waals surface area contributed by atoms with Gasteiger partial charge >= 0.3 is 6.18 Å². The Morgan fingerprint density at radius 3 is 2.26 bits per heavy atom. The van der Waals surface area contributed by atoms with Gasteiger partial charge in [0.25, 0.3) is 5.91 Å². The summed E-state index contributed by atoms with van der Waals surface area (Å²) in [5.41, 5.74) is 0.850. The number of anilines is 2. The fourth-order valence-electron chi connectivity index (χ4n) is 3.37. The number of hydrogen-bond donors (Lipinski definition) is 2. The zero-order valence-corrected chi connectivity index (χ0v) is 19.5. The second kappa shape index (κ2) is 8.48. The van der Waals surface area contributed by atoms with Crippen molar-refractivity contribution in [3.63, 3.8) is 0 Å². The molecular weight excluding hydrogens is 565 g/mol. The summed E-state index contributed by atoms with van der Waals surface area (Å²) >= 11 is 12.9. The van der Waals surface area contributed by atoms with Gasteiger partial charge in [-0.25, -0.2) is 4.68 Å². The fourth-order valence-corrected chi connectivity index (χ4v) is 4.17. The van der Waals surface area contributed by atoms with Crippen LogP contribution in [0.15, 0.2) is 57.5 Å². The van der Waals surface area contributed by atoms with E-state index < -0.39 is 24.2 Å². The molecule has 1 amide bonds. The van der Waals surface area contributed by atoms with Gasteiger partial charge in [-0.1, -0.05) is 55.6 Å². The second-order valence-corrected chi connectivity index (χ2v) is 9.17. The lowest BCUT2D eigenvalue weighted by Gasteiger charge is -2.33. The van der Waals surface area contributed by atoms with Gasteiger partial charge in [0.1, 0.15) is 10.8 Å². The van der Waals surface area contributed by atoms with E-state index in [1.807, 2.05) is 0 Å². The van der Waals surface area contributed by atoms with Crippen LogP contribution in [0.3, 0.4) is 0 Å². The normalized spacial score (nSPS) is 18.3. The predicted octanol–water partition coefficient (Wildman–Crippen LogP) is 6.97. The molecule has 5 nitrogen and oxygen atoms in total. The number of alkyl halides is 3. The van der Waals surface area contributed by atoms with Crippen LogP contribution in [-0.2, 0) is 0 Å². The molecule has 0 bridgehead atoms. The Labute approximate surface area is 197 Å². The summed E-state index contributed by atoms with van der Waals surface area (Å²) in [7, 11) is 0. The Morgan fingerprint density at radius 2 is 1.68 bits per heavy atom. The number of hydrogen-bond acceptors (Lipinski definition) is 3. The van der Waals surface area contributed by atoms with Gasteiger partial charge in [0.05, 0.1) is 6.04 Å². The number of amides is 1. The van der Waals surface area contributed by atoms with Crippen molar-refractivity contribution in [3.8, 4) is 0 Å². The molecule has 1 aliphatic heterocycles. The molecule has 2 N–H and O–H groups in total. The molecule has 2 heterocycles. The summed E-state index contributed by atoms with van der Waals surface area (Å²) in [6, 6.07) is 11.1. The summed E-state index contributed by atoms with van der Waals surface area (Å²) in [5, 5.41) is 9.39. The molecule has 2 atom stereocenters. The van der Waals surface area contributed by atoms with Crippen LogP contribution in [-0.4, -0.2) is 21.9 Å². The topological polar surface area (TPSA) is 59.0 Å². The van der Waals surface area contributed by atoms with Crippen molar-refractivity contribution in [2.75, 3.05) is 10.6 Å². The van der Waals surface area contributed by atoms with E-state index in [1.54, 1.807) is 48.5 Å². The highest BCUT2D eigenvalue weighted by Crippen LogP contribution is 2.46. The number of carbonyl (C=O) groups is 1. The van der Waals surface area contributed by atoms with Crippen molar-refractivity contribution in [1.82, 2.24) is 9.78 Å². The molecule has 0 spiro atoms. The largest absolute Gasteiger partial charge is 0.410 e. The van der Waals surface area contributed by atoms with Crippen LogP contribution >= 0.6 is 43.5 Å². The molecule has 0 aliphatic carbocycles. The van der Waals surface area contributed by atoms with Gasteiger partial charge in [0, 0.05) is 21.1 Å². The first-order chi connectivity index (χ1) is 14.6. The molecule has 11 heteroatoms. The average Bonchev–Trinajstić information content (AvgIpc) is 3.05. The number of rotatable bonds is 3. The monoisotopic (exact) mass is 576 g/mol. The maximum atomic E-state index is 13.9. The van der Waals surface area contributed by atoms with Crippen molar-refractivity contribution >= 4 is 60.9 Å². The average molecular weight is 579 g/mol. The SMILES string of the molecule is O=C(Nc1ccc(Br)cc1)c1nn2c(c1Cl)N[C@H](c1ccc(Br)cc1)C[C@H]2C(F)(F)F. The molecule has 0 saturated heterocycles. The Hall–Kier alpha value is -2.04. The van der Waals surface area contributed by atoms with Crippen LogP contribution < -0.4 is 10.6 Å². The van der Waals surface area contributed by atoms with Gasteiger partial charge in [0.2, 0.25) is 0 Å². The van der Waals surface area contributed by atoms with E-state index in [2.05, 4.69) is 47.6 Å². The number of aromatic nitrogens is 2. The molecule has 4 rings (SSSR count). The third kappa shape index (κ3) is 4.61. The maximum absolute atomic E-state index is 13.9. The van der Waals surface area contributed by atoms with E-state index in [-0.39, 0.29) is 23.0 Å². The predicted molar refractivity (Wildman–Crippen MR) is 120 cm³/mol. The Morgan fingerprint density at radius 1 is 1.10 bits per heavy atom. The molecule has 0 saturated carbocycles. The van der Waals surface area contributed by atoms with E-state index in [0.29, 0.717) is 11.3 Å². The zero-order valence-electron chi connectivity index (χ0n) is 15.6. The lowest BCUT2D eigenvalue weighted by Crippen LogP contribution is -2.35. The molecule has 2 aromatic carbocycles. The molecule has 0 unspecified atom stereocenters. The number of carbonyl (C=O) groups excluding carboxylic acids is 1. The number of halogens is 6. The first-order valence-corrected chi connectivity index (χ1v) is 11.0. The highest BCUT2D eigenvalue weighted by Gasteiger charge is 2.47. The van der Waals surface area contributed by atoms with Crippen LogP contribution in [0.5, 0.6) is 0 Å². The molecule has 162 valence electrons. The minimum absolute atomic E-state index is 0.0379. The first kappa shape index (κ1) is 22.2. The van der Waals surface area contributed by atoms with Gasteiger partial charge in [-0.05, 0) is 42.0 Å². The second-order valence-electron chi connectivity index (χ2n) is 6.96. The van der Waals surface area contributed by atoms with Gasteiger partial charge in [-0.3, -0.25) is 4.79 Å². The van der Waals surface area contributed by atoms with Crippen LogP contribution in [0.2, 0.25) is 5.02 Å². The van der Waals surface area contributed by atoms with Crippen LogP contribution in [0.4, 0.5) is 24.7 Å². The highest BCUT2D eigenvalue weighted by atomic mass is 79.9. The van der Waals surface area contributed by atoms with E-state index in [1.165, 1.54) is 0 Å². The smallest absolute Gasteiger partial charge is 0.362 e. The van der Waals surface area contributed by atoms with E-state index >= 15 is 0 Å². The summed E-state index contributed by atoms with van der Waals surface area (Å²) in [4.78, 5) is 12.7. The lowest BCUT2D eigenvalue weighted by atomic mass is 9.97. The minimum atomic E-state index is -4.57. The number of nitrogens with one attached hydrogen (secondary N) is 2. The molecule has 0 fully saturated rings. The first-order valence-electron chi connectivity index (χ1n) is 9.07. The fraction of sp³-hybridized carbons (Fsp3) is 0.200. The van der Waals surface area contributed by atoms with Crippen molar-refractivity contribution in [1.29, 1.82) is 0 Å². The maximum Gasteiger partial charge on any atom is 0.410 e. The lowest BCUT2D eigenvalue weighted by molar-refractivity contribution is -0.173. The zero-order chi connectivity index (χ0) is 22.3. The molecular formula is C20H14Br2ClF3N4O. The van der Waals surface area contributed by atoms with Crippen molar-refractivity contribution in [2.24, 2.45) is 0 Å². The highest BCUT2D eigenvalue weighted by molar-refractivity contribution is 9.10. The van der Waals surface area contributed by atoms with E-state index in [0.717, 1.165) is 13.6 Å².